The van der Waals surface area contributed by atoms with Crippen LogP contribution in [0.25, 0.3) is 6.08 Å². The Bertz CT molecular complexity index is 707. The van der Waals surface area contributed by atoms with E-state index in [4.69, 9.17) is 4.74 Å². The Morgan fingerprint density at radius 2 is 1.78 bits per heavy atom. The van der Waals surface area contributed by atoms with E-state index in [0.717, 1.165) is 17.7 Å². The molecule has 0 N–H and O–H groups in total. The molecule has 2 aromatic carbocycles. The maximum atomic E-state index is 12.2. The van der Waals surface area contributed by atoms with Crippen molar-refractivity contribution in [2.75, 3.05) is 6.61 Å². The van der Waals surface area contributed by atoms with Crippen LogP contribution in [0.15, 0.2) is 79.0 Å². The Labute approximate surface area is 136 Å². The first-order chi connectivity index (χ1) is 11.3. The molecule has 3 heteroatoms. The molecule has 1 aliphatic rings. The van der Waals surface area contributed by atoms with Gasteiger partial charge in [-0.3, -0.25) is 4.90 Å². The fourth-order valence-electron chi connectivity index (χ4n) is 2.76. The molecule has 1 atom stereocenters. The van der Waals surface area contributed by atoms with E-state index >= 15 is 0 Å². The van der Waals surface area contributed by atoms with E-state index in [2.05, 4.69) is 18.7 Å². The quantitative estimate of drug-likeness (QED) is 0.772. The lowest BCUT2D eigenvalue weighted by Gasteiger charge is -2.22. The molecule has 2 aromatic rings. The van der Waals surface area contributed by atoms with Crippen LogP contribution < -0.4 is 0 Å². The third-order valence-corrected chi connectivity index (χ3v) is 3.88. The van der Waals surface area contributed by atoms with Crippen LogP contribution in [0.2, 0.25) is 0 Å². The Morgan fingerprint density at radius 3 is 2.43 bits per heavy atom. The van der Waals surface area contributed by atoms with Gasteiger partial charge < -0.3 is 4.74 Å². The molecule has 1 fully saturated rings. The van der Waals surface area contributed by atoms with Crippen molar-refractivity contribution in [1.29, 1.82) is 0 Å². The van der Waals surface area contributed by atoms with Gasteiger partial charge in [0.05, 0.1) is 6.04 Å². The zero-order valence-electron chi connectivity index (χ0n) is 12.9. The van der Waals surface area contributed by atoms with Crippen molar-refractivity contribution < 1.29 is 9.53 Å². The maximum absolute atomic E-state index is 12.2. The molecular weight excluding hydrogens is 286 g/mol. The minimum absolute atomic E-state index is 0.0159. The molecule has 3 nitrogen and oxygen atoms in total. The SMILES string of the molecule is C=C/C(=C/c1ccccc1)N1C(=O)OC[C@@H]1Cc1ccccc1. The van der Waals surface area contributed by atoms with E-state index in [1.54, 1.807) is 11.0 Å². The molecule has 0 radical (unpaired) electrons. The highest BCUT2D eigenvalue weighted by Gasteiger charge is 2.34. The fraction of sp³-hybridized carbons (Fsp3) is 0.150. The van der Waals surface area contributed by atoms with Crippen molar-refractivity contribution in [2.45, 2.75) is 12.5 Å². The smallest absolute Gasteiger partial charge is 0.414 e. The highest BCUT2D eigenvalue weighted by Crippen LogP contribution is 2.24. The maximum Gasteiger partial charge on any atom is 0.414 e. The van der Waals surface area contributed by atoms with Gasteiger partial charge in [-0.25, -0.2) is 4.79 Å². The van der Waals surface area contributed by atoms with Crippen LogP contribution in [0, 0.1) is 0 Å². The molecule has 3 rings (SSSR count). The number of benzene rings is 2. The number of ether oxygens (including phenoxy) is 1. The Kier molecular flexibility index (Phi) is 4.57. The number of amides is 1. The average Bonchev–Trinajstić information content (AvgIpc) is 2.95. The summed E-state index contributed by atoms with van der Waals surface area (Å²) in [6.45, 7) is 4.26. The lowest BCUT2D eigenvalue weighted by Crippen LogP contribution is -2.33. The van der Waals surface area contributed by atoms with E-state index in [0.29, 0.717) is 6.61 Å². The van der Waals surface area contributed by atoms with Crippen molar-refractivity contribution >= 4 is 12.2 Å². The Hall–Kier alpha value is -2.81. The fourth-order valence-corrected chi connectivity index (χ4v) is 2.76. The summed E-state index contributed by atoms with van der Waals surface area (Å²) in [6.07, 6.45) is 4.11. The molecule has 1 heterocycles. The van der Waals surface area contributed by atoms with Gasteiger partial charge in [0.15, 0.2) is 0 Å². The summed E-state index contributed by atoms with van der Waals surface area (Å²) in [5, 5.41) is 0. The molecule has 23 heavy (non-hydrogen) atoms. The minimum Gasteiger partial charge on any atom is -0.447 e. The van der Waals surface area contributed by atoms with Crippen molar-refractivity contribution in [3.8, 4) is 0 Å². The number of allylic oxidation sites excluding steroid dienone is 1. The highest BCUT2D eigenvalue weighted by molar-refractivity contribution is 5.75. The van der Waals surface area contributed by atoms with Crippen LogP contribution in [-0.2, 0) is 11.2 Å². The summed E-state index contributed by atoms with van der Waals surface area (Å²) < 4.78 is 5.27. The molecule has 0 aliphatic carbocycles. The molecule has 0 unspecified atom stereocenters. The number of hydrogen-bond donors (Lipinski definition) is 0. The van der Waals surface area contributed by atoms with E-state index in [9.17, 15) is 4.79 Å². The van der Waals surface area contributed by atoms with E-state index in [-0.39, 0.29) is 12.1 Å². The van der Waals surface area contributed by atoms with Gasteiger partial charge in [0.2, 0.25) is 0 Å². The van der Waals surface area contributed by atoms with Gasteiger partial charge in [0, 0.05) is 5.70 Å². The topological polar surface area (TPSA) is 29.5 Å². The Morgan fingerprint density at radius 1 is 1.13 bits per heavy atom. The number of nitrogens with zero attached hydrogens (tertiary/aromatic N) is 1. The zero-order chi connectivity index (χ0) is 16.1. The molecule has 0 spiro atoms. The molecule has 1 amide bonds. The third kappa shape index (κ3) is 3.51. The van der Waals surface area contributed by atoms with E-state index in [1.807, 2.05) is 54.6 Å². The predicted octanol–water partition coefficient (Wildman–Crippen LogP) is 4.28. The summed E-state index contributed by atoms with van der Waals surface area (Å²) >= 11 is 0. The number of cyclic esters (lactones) is 1. The van der Waals surface area contributed by atoms with Gasteiger partial charge in [-0.2, -0.15) is 0 Å². The first-order valence-corrected chi connectivity index (χ1v) is 7.67. The number of carbonyl (C=O) groups excluding carboxylic acids is 1. The second-order valence-electron chi connectivity index (χ2n) is 5.47. The van der Waals surface area contributed by atoms with Crippen molar-refractivity contribution in [3.63, 3.8) is 0 Å². The summed E-state index contributed by atoms with van der Waals surface area (Å²) in [4.78, 5) is 13.9. The monoisotopic (exact) mass is 305 g/mol. The summed E-state index contributed by atoms with van der Waals surface area (Å²) in [5.74, 6) is 0. The van der Waals surface area contributed by atoms with Crippen LogP contribution in [0.4, 0.5) is 4.79 Å². The van der Waals surface area contributed by atoms with Gasteiger partial charge in [0.25, 0.3) is 0 Å². The molecule has 1 saturated heterocycles. The molecule has 0 aromatic heterocycles. The van der Waals surface area contributed by atoms with E-state index in [1.165, 1.54) is 5.56 Å². The van der Waals surface area contributed by atoms with Crippen LogP contribution >= 0.6 is 0 Å². The molecule has 0 bridgehead atoms. The first kappa shape index (κ1) is 15.1. The second-order valence-corrected chi connectivity index (χ2v) is 5.47. The average molecular weight is 305 g/mol. The van der Waals surface area contributed by atoms with Crippen molar-refractivity contribution in [2.24, 2.45) is 0 Å². The minimum atomic E-state index is -0.312. The molecule has 1 aliphatic heterocycles. The number of hydrogen-bond acceptors (Lipinski definition) is 2. The van der Waals surface area contributed by atoms with Crippen molar-refractivity contribution in [1.82, 2.24) is 4.90 Å². The molecular formula is C20H19NO2. The van der Waals surface area contributed by atoms with Crippen LogP contribution in [-0.4, -0.2) is 23.6 Å². The lowest BCUT2D eigenvalue weighted by atomic mass is 10.0. The molecule has 0 saturated carbocycles. The number of carbonyl (C=O) groups is 1. The Balaban J connectivity index is 1.86. The third-order valence-electron chi connectivity index (χ3n) is 3.88. The first-order valence-electron chi connectivity index (χ1n) is 7.67. The van der Waals surface area contributed by atoms with Crippen molar-refractivity contribution in [3.05, 3.63) is 90.1 Å². The van der Waals surface area contributed by atoms with Gasteiger partial charge in [0.1, 0.15) is 6.61 Å². The standard InChI is InChI=1S/C20H19NO2/c1-2-18(13-16-9-5-3-6-10-16)21-19(15-23-20(21)22)14-17-11-7-4-8-12-17/h2-13,19H,1,14-15H2/b18-13-/t19-/m0/s1. The van der Waals surface area contributed by atoms with Gasteiger partial charge in [-0.15, -0.1) is 0 Å². The normalized spacial score (nSPS) is 17.9. The van der Waals surface area contributed by atoms with Crippen LogP contribution in [0.1, 0.15) is 11.1 Å². The van der Waals surface area contributed by atoms with E-state index < -0.39 is 0 Å². The summed E-state index contributed by atoms with van der Waals surface area (Å²) in [6, 6.07) is 20.0. The van der Waals surface area contributed by atoms with Crippen LogP contribution in [0.3, 0.4) is 0 Å². The predicted molar refractivity (Wildman–Crippen MR) is 91.7 cm³/mol. The second kappa shape index (κ2) is 6.97. The zero-order valence-corrected chi connectivity index (χ0v) is 12.9. The largest absolute Gasteiger partial charge is 0.447 e. The summed E-state index contributed by atoms with van der Waals surface area (Å²) in [5.41, 5.74) is 2.98. The van der Waals surface area contributed by atoms with Crippen LogP contribution in [0.5, 0.6) is 0 Å². The molecule has 116 valence electrons. The lowest BCUT2D eigenvalue weighted by molar-refractivity contribution is 0.165. The summed E-state index contributed by atoms with van der Waals surface area (Å²) in [7, 11) is 0. The van der Waals surface area contributed by atoms with Gasteiger partial charge in [-0.05, 0) is 29.7 Å². The number of rotatable bonds is 5. The van der Waals surface area contributed by atoms with Gasteiger partial charge in [-0.1, -0.05) is 67.2 Å². The highest BCUT2D eigenvalue weighted by atomic mass is 16.6. The van der Waals surface area contributed by atoms with Gasteiger partial charge >= 0.3 is 6.09 Å².